The first-order valence-corrected chi connectivity index (χ1v) is 5.03. The molecule has 14 heavy (non-hydrogen) atoms. The van der Waals surface area contributed by atoms with Crippen LogP contribution >= 0.6 is 0 Å². The van der Waals surface area contributed by atoms with Gasteiger partial charge < -0.3 is 10.2 Å². The van der Waals surface area contributed by atoms with Crippen molar-refractivity contribution in [1.29, 1.82) is 0 Å². The van der Waals surface area contributed by atoms with Crippen LogP contribution in [0.2, 0.25) is 0 Å². The topological polar surface area (TPSA) is 40.5 Å². The van der Waals surface area contributed by atoms with E-state index < -0.39 is 0 Å². The Morgan fingerprint density at radius 1 is 1.21 bits per heavy atom. The van der Waals surface area contributed by atoms with Crippen LogP contribution in [0.5, 0.6) is 5.75 Å². The Morgan fingerprint density at radius 3 is 2.36 bits per heavy atom. The maximum atomic E-state index is 9.56. The zero-order valence-electron chi connectivity index (χ0n) is 8.77. The van der Waals surface area contributed by atoms with Crippen molar-refractivity contribution in [2.45, 2.75) is 20.3 Å². The molecule has 2 N–H and O–H groups in total. The van der Waals surface area contributed by atoms with Gasteiger partial charge in [0, 0.05) is 6.61 Å². The minimum atomic E-state index is 0.173. The molecule has 1 aromatic carbocycles. The van der Waals surface area contributed by atoms with Crippen molar-refractivity contribution in [2.24, 2.45) is 11.8 Å². The van der Waals surface area contributed by atoms with E-state index >= 15 is 0 Å². The minimum absolute atomic E-state index is 0.173. The lowest BCUT2D eigenvalue weighted by Gasteiger charge is -2.18. The Bertz CT molecular complexity index is 281. The van der Waals surface area contributed by atoms with Gasteiger partial charge in [-0.1, -0.05) is 32.0 Å². The summed E-state index contributed by atoms with van der Waals surface area (Å²) in [6, 6.07) is 7.30. The van der Waals surface area contributed by atoms with Crippen LogP contribution in [0.3, 0.4) is 0 Å². The summed E-state index contributed by atoms with van der Waals surface area (Å²) in [6.07, 6.45) is 0.737. The average molecular weight is 194 g/mol. The SMILES string of the molecule is CC(C)C(CO)Cc1ccccc1O. The van der Waals surface area contributed by atoms with Gasteiger partial charge in [0.05, 0.1) is 0 Å². The molecular weight excluding hydrogens is 176 g/mol. The van der Waals surface area contributed by atoms with Crippen LogP contribution in [0, 0.1) is 11.8 Å². The van der Waals surface area contributed by atoms with Crippen molar-refractivity contribution in [1.82, 2.24) is 0 Å². The molecule has 0 aliphatic carbocycles. The highest BCUT2D eigenvalue weighted by Crippen LogP contribution is 2.22. The molecule has 0 radical (unpaired) electrons. The second-order valence-corrected chi connectivity index (χ2v) is 4.02. The molecule has 0 saturated carbocycles. The summed E-state index contributed by atoms with van der Waals surface area (Å²) in [6.45, 7) is 4.34. The fourth-order valence-electron chi connectivity index (χ4n) is 1.48. The number of aliphatic hydroxyl groups excluding tert-OH is 1. The highest BCUT2D eigenvalue weighted by molar-refractivity contribution is 5.32. The fraction of sp³-hybridized carbons (Fsp3) is 0.500. The Kier molecular flexibility index (Phi) is 3.96. The lowest BCUT2D eigenvalue weighted by atomic mass is 9.90. The average Bonchev–Trinajstić information content (AvgIpc) is 2.16. The number of rotatable bonds is 4. The molecule has 2 nitrogen and oxygen atoms in total. The third kappa shape index (κ3) is 2.74. The van der Waals surface area contributed by atoms with E-state index in [0.29, 0.717) is 11.7 Å². The van der Waals surface area contributed by atoms with Gasteiger partial charge in [-0.25, -0.2) is 0 Å². The van der Waals surface area contributed by atoms with Crippen LogP contribution in [-0.2, 0) is 6.42 Å². The van der Waals surface area contributed by atoms with Crippen LogP contribution in [0.15, 0.2) is 24.3 Å². The summed E-state index contributed by atoms with van der Waals surface area (Å²) >= 11 is 0. The monoisotopic (exact) mass is 194 g/mol. The molecule has 78 valence electrons. The molecule has 0 aromatic heterocycles. The Labute approximate surface area is 85.2 Å². The van der Waals surface area contributed by atoms with E-state index in [1.54, 1.807) is 6.07 Å². The van der Waals surface area contributed by atoms with Crippen LogP contribution in [0.4, 0.5) is 0 Å². The van der Waals surface area contributed by atoms with E-state index in [4.69, 9.17) is 5.11 Å². The second-order valence-electron chi connectivity index (χ2n) is 4.02. The predicted molar refractivity (Wildman–Crippen MR) is 57.2 cm³/mol. The summed E-state index contributed by atoms with van der Waals surface area (Å²) in [7, 11) is 0. The van der Waals surface area contributed by atoms with Gasteiger partial charge in [0.1, 0.15) is 5.75 Å². The molecular formula is C12H18O2. The van der Waals surface area contributed by atoms with Crippen molar-refractivity contribution in [2.75, 3.05) is 6.61 Å². The molecule has 0 saturated heterocycles. The van der Waals surface area contributed by atoms with E-state index in [-0.39, 0.29) is 12.5 Å². The van der Waals surface area contributed by atoms with Gasteiger partial charge >= 0.3 is 0 Å². The maximum absolute atomic E-state index is 9.56. The molecule has 0 amide bonds. The number of hydrogen-bond acceptors (Lipinski definition) is 2. The molecule has 1 rings (SSSR count). The fourth-order valence-corrected chi connectivity index (χ4v) is 1.48. The molecule has 0 aliphatic rings. The summed E-state index contributed by atoms with van der Waals surface area (Å²) < 4.78 is 0. The maximum Gasteiger partial charge on any atom is 0.118 e. The second kappa shape index (κ2) is 5.01. The quantitative estimate of drug-likeness (QED) is 0.771. The molecule has 1 aromatic rings. The Balaban J connectivity index is 2.72. The Hall–Kier alpha value is -1.02. The highest BCUT2D eigenvalue weighted by Gasteiger charge is 2.14. The van der Waals surface area contributed by atoms with Gasteiger partial charge in [-0.05, 0) is 29.9 Å². The van der Waals surface area contributed by atoms with Crippen molar-refractivity contribution < 1.29 is 10.2 Å². The van der Waals surface area contributed by atoms with Crippen LogP contribution in [-0.4, -0.2) is 16.8 Å². The first kappa shape index (κ1) is 11.1. The molecule has 1 unspecified atom stereocenters. The highest BCUT2D eigenvalue weighted by atomic mass is 16.3. The van der Waals surface area contributed by atoms with E-state index in [1.165, 1.54) is 0 Å². The van der Waals surface area contributed by atoms with Gasteiger partial charge in [-0.15, -0.1) is 0 Å². The standard InChI is InChI=1S/C12H18O2/c1-9(2)11(8-13)7-10-5-3-4-6-12(10)14/h3-6,9,11,13-14H,7-8H2,1-2H3. The van der Waals surface area contributed by atoms with E-state index in [1.807, 2.05) is 18.2 Å². The normalized spacial score (nSPS) is 13.1. The minimum Gasteiger partial charge on any atom is -0.508 e. The largest absolute Gasteiger partial charge is 0.508 e. The summed E-state index contributed by atoms with van der Waals surface area (Å²) in [4.78, 5) is 0. The van der Waals surface area contributed by atoms with Crippen LogP contribution < -0.4 is 0 Å². The van der Waals surface area contributed by atoms with Gasteiger partial charge in [0.25, 0.3) is 0 Å². The number of aliphatic hydroxyl groups is 1. The van der Waals surface area contributed by atoms with Gasteiger partial charge in [0.2, 0.25) is 0 Å². The molecule has 1 atom stereocenters. The number of phenols is 1. The van der Waals surface area contributed by atoms with E-state index in [0.717, 1.165) is 12.0 Å². The smallest absolute Gasteiger partial charge is 0.118 e. The van der Waals surface area contributed by atoms with E-state index in [2.05, 4.69) is 13.8 Å². The van der Waals surface area contributed by atoms with E-state index in [9.17, 15) is 5.11 Å². The zero-order chi connectivity index (χ0) is 10.6. The van der Waals surface area contributed by atoms with Crippen molar-refractivity contribution >= 4 is 0 Å². The lowest BCUT2D eigenvalue weighted by Crippen LogP contribution is -2.16. The number of aromatic hydroxyl groups is 1. The number of phenolic OH excluding ortho intramolecular Hbond substituents is 1. The number of benzene rings is 1. The molecule has 0 fully saturated rings. The van der Waals surface area contributed by atoms with Crippen molar-refractivity contribution in [3.05, 3.63) is 29.8 Å². The van der Waals surface area contributed by atoms with Crippen LogP contribution in [0.25, 0.3) is 0 Å². The summed E-state index contributed by atoms with van der Waals surface area (Å²) in [5.74, 6) is 0.981. The molecule has 0 spiro atoms. The predicted octanol–water partition coefficient (Wildman–Crippen LogP) is 2.20. The molecule has 2 heteroatoms. The lowest BCUT2D eigenvalue weighted by molar-refractivity contribution is 0.188. The third-order valence-electron chi connectivity index (χ3n) is 2.65. The van der Waals surface area contributed by atoms with Gasteiger partial charge in [-0.3, -0.25) is 0 Å². The molecule has 0 aliphatic heterocycles. The van der Waals surface area contributed by atoms with Crippen molar-refractivity contribution in [3.63, 3.8) is 0 Å². The first-order chi connectivity index (χ1) is 6.65. The van der Waals surface area contributed by atoms with Gasteiger partial charge in [0.15, 0.2) is 0 Å². The van der Waals surface area contributed by atoms with Gasteiger partial charge in [-0.2, -0.15) is 0 Å². The molecule has 0 bridgehead atoms. The van der Waals surface area contributed by atoms with Crippen LogP contribution in [0.1, 0.15) is 19.4 Å². The Morgan fingerprint density at radius 2 is 1.86 bits per heavy atom. The third-order valence-corrected chi connectivity index (χ3v) is 2.65. The first-order valence-electron chi connectivity index (χ1n) is 5.03. The number of hydrogen-bond donors (Lipinski definition) is 2. The summed E-state index contributed by atoms with van der Waals surface area (Å²) in [5.41, 5.74) is 0.917. The van der Waals surface area contributed by atoms with Crippen molar-refractivity contribution in [3.8, 4) is 5.75 Å². The molecule has 0 heterocycles. The number of para-hydroxylation sites is 1. The summed E-state index contributed by atoms with van der Waals surface area (Å²) in [5, 5.41) is 18.7. The zero-order valence-corrected chi connectivity index (χ0v) is 8.77.